The second-order valence-electron chi connectivity index (χ2n) is 6.91. The van der Waals surface area contributed by atoms with Gasteiger partial charge in [-0.3, -0.25) is 4.79 Å². The second-order valence-corrected chi connectivity index (χ2v) is 8.85. The van der Waals surface area contributed by atoms with E-state index in [0.29, 0.717) is 30.8 Å². The second kappa shape index (κ2) is 9.69. The molecule has 1 aliphatic rings. The van der Waals surface area contributed by atoms with Crippen LogP contribution in [0.4, 0.5) is 0 Å². The van der Waals surface area contributed by atoms with Gasteiger partial charge < -0.3 is 11.1 Å². The van der Waals surface area contributed by atoms with E-state index < -0.39 is 16.1 Å². The Morgan fingerprint density at radius 3 is 2.31 bits per heavy atom. The van der Waals surface area contributed by atoms with E-state index in [-0.39, 0.29) is 30.3 Å². The first-order valence-corrected chi connectivity index (χ1v) is 10.3. The number of aryl methyl sites for hydroxylation is 1. The van der Waals surface area contributed by atoms with Crippen LogP contribution in [0.15, 0.2) is 29.2 Å². The van der Waals surface area contributed by atoms with Crippen molar-refractivity contribution >= 4 is 28.3 Å². The number of carbonyl (C=O) groups excluding carboxylic acids is 1. The predicted molar refractivity (Wildman–Crippen MR) is 106 cm³/mol. The van der Waals surface area contributed by atoms with Crippen molar-refractivity contribution in [3.05, 3.63) is 29.8 Å². The molecule has 1 amide bonds. The van der Waals surface area contributed by atoms with Gasteiger partial charge in [-0.15, -0.1) is 12.4 Å². The monoisotopic (exact) mass is 403 g/mol. The maximum absolute atomic E-state index is 12.7. The third-order valence-electron chi connectivity index (χ3n) is 5.02. The largest absolute Gasteiger partial charge is 0.352 e. The molecule has 1 heterocycles. The number of piperidine rings is 1. The van der Waals surface area contributed by atoms with Gasteiger partial charge in [0, 0.05) is 19.1 Å². The third-order valence-corrected chi connectivity index (χ3v) is 6.93. The Morgan fingerprint density at radius 2 is 1.81 bits per heavy atom. The van der Waals surface area contributed by atoms with Gasteiger partial charge >= 0.3 is 0 Å². The van der Waals surface area contributed by atoms with Crippen molar-refractivity contribution in [1.29, 1.82) is 0 Å². The van der Waals surface area contributed by atoms with E-state index in [1.807, 2.05) is 20.8 Å². The topological polar surface area (TPSA) is 92.5 Å². The number of halogens is 1. The van der Waals surface area contributed by atoms with Gasteiger partial charge in [0.25, 0.3) is 0 Å². The van der Waals surface area contributed by atoms with Crippen molar-refractivity contribution in [2.24, 2.45) is 11.7 Å². The molecule has 0 aliphatic carbocycles. The summed E-state index contributed by atoms with van der Waals surface area (Å²) in [5.74, 6) is -0.0174. The summed E-state index contributed by atoms with van der Waals surface area (Å²) in [7, 11) is -3.47. The fourth-order valence-corrected chi connectivity index (χ4v) is 4.38. The summed E-state index contributed by atoms with van der Waals surface area (Å²) in [6, 6.07) is 6.35. The molecule has 1 aromatic carbocycles. The Bertz CT molecular complexity index is 686. The van der Waals surface area contributed by atoms with E-state index in [1.54, 1.807) is 24.3 Å². The number of sulfonamides is 1. The minimum absolute atomic E-state index is 0. The maximum atomic E-state index is 12.7. The normalized spacial score (nSPS) is 18.6. The lowest BCUT2D eigenvalue weighted by molar-refractivity contribution is -0.124. The first kappa shape index (κ1) is 22.9. The SMILES string of the molecule is CCC(C)C(N)C(=O)NC1CCN(S(=O)(=O)c2ccc(C)cc2)CC1.Cl. The molecule has 0 spiro atoms. The molecule has 1 aromatic rings. The van der Waals surface area contributed by atoms with Gasteiger partial charge in [0.1, 0.15) is 0 Å². The maximum Gasteiger partial charge on any atom is 0.243 e. The first-order valence-electron chi connectivity index (χ1n) is 8.88. The zero-order chi connectivity index (χ0) is 18.6. The van der Waals surface area contributed by atoms with Crippen molar-refractivity contribution in [2.75, 3.05) is 13.1 Å². The van der Waals surface area contributed by atoms with Crippen LogP contribution in [0.3, 0.4) is 0 Å². The van der Waals surface area contributed by atoms with Gasteiger partial charge in [0.05, 0.1) is 10.9 Å². The minimum Gasteiger partial charge on any atom is -0.352 e. The summed E-state index contributed by atoms with van der Waals surface area (Å²) in [6.45, 7) is 6.70. The molecule has 26 heavy (non-hydrogen) atoms. The van der Waals surface area contributed by atoms with Gasteiger partial charge in [-0.2, -0.15) is 4.31 Å². The van der Waals surface area contributed by atoms with E-state index in [0.717, 1.165) is 12.0 Å². The molecule has 1 fully saturated rings. The van der Waals surface area contributed by atoms with Crippen molar-refractivity contribution in [3.8, 4) is 0 Å². The Hall–Kier alpha value is -1.15. The fraction of sp³-hybridized carbons (Fsp3) is 0.611. The molecule has 6 nitrogen and oxygen atoms in total. The van der Waals surface area contributed by atoms with E-state index in [2.05, 4.69) is 5.32 Å². The molecule has 3 N–H and O–H groups in total. The van der Waals surface area contributed by atoms with Gasteiger partial charge in [-0.1, -0.05) is 38.0 Å². The highest BCUT2D eigenvalue weighted by Crippen LogP contribution is 2.21. The summed E-state index contributed by atoms with van der Waals surface area (Å²) in [5.41, 5.74) is 6.98. The highest BCUT2D eigenvalue weighted by Gasteiger charge is 2.31. The van der Waals surface area contributed by atoms with Crippen LogP contribution in [-0.4, -0.2) is 43.8 Å². The van der Waals surface area contributed by atoms with Gasteiger partial charge in [-0.25, -0.2) is 8.42 Å². The lowest BCUT2D eigenvalue weighted by atomic mass is 9.98. The molecule has 1 saturated heterocycles. The number of amides is 1. The van der Waals surface area contributed by atoms with E-state index in [9.17, 15) is 13.2 Å². The molecule has 1 aliphatic heterocycles. The van der Waals surface area contributed by atoms with Crippen molar-refractivity contribution in [1.82, 2.24) is 9.62 Å². The third kappa shape index (κ3) is 5.42. The van der Waals surface area contributed by atoms with Crippen molar-refractivity contribution in [2.45, 2.75) is 57.0 Å². The van der Waals surface area contributed by atoms with Crippen LogP contribution >= 0.6 is 12.4 Å². The Kier molecular flexibility index (Phi) is 8.53. The van der Waals surface area contributed by atoms with Crippen LogP contribution < -0.4 is 11.1 Å². The summed E-state index contributed by atoms with van der Waals surface area (Å²) in [5, 5.41) is 2.97. The molecule has 0 radical (unpaired) electrons. The molecule has 0 saturated carbocycles. The smallest absolute Gasteiger partial charge is 0.243 e. The van der Waals surface area contributed by atoms with Crippen LogP contribution in [0, 0.1) is 12.8 Å². The summed E-state index contributed by atoms with van der Waals surface area (Å²) in [4.78, 5) is 12.5. The zero-order valence-electron chi connectivity index (χ0n) is 15.6. The van der Waals surface area contributed by atoms with E-state index >= 15 is 0 Å². The van der Waals surface area contributed by atoms with Gasteiger partial charge in [0.2, 0.25) is 15.9 Å². The highest BCUT2D eigenvalue weighted by atomic mass is 35.5. The molecule has 8 heteroatoms. The molecule has 2 rings (SSSR count). The Balaban J connectivity index is 0.00000338. The molecule has 0 aromatic heterocycles. The Morgan fingerprint density at radius 1 is 1.27 bits per heavy atom. The van der Waals surface area contributed by atoms with Crippen molar-refractivity contribution < 1.29 is 13.2 Å². The number of benzene rings is 1. The van der Waals surface area contributed by atoms with Gasteiger partial charge in [0.15, 0.2) is 0 Å². The number of nitrogens with two attached hydrogens (primary N) is 1. The van der Waals surface area contributed by atoms with Crippen LogP contribution in [0.1, 0.15) is 38.7 Å². The summed E-state index contributed by atoms with van der Waals surface area (Å²) in [6.07, 6.45) is 2.05. The molecule has 0 bridgehead atoms. The number of rotatable bonds is 6. The number of carbonyl (C=O) groups is 1. The molecular formula is C18H30ClN3O3S. The van der Waals surface area contributed by atoms with Crippen molar-refractivity contribution in [3.63, 3.8) is 0 Å². The molecule has 2 unspecified atom stereocenters. The summed E-state index contributed by atoms with van der Waals surface area (Å²) < 4.78 is 26.9. The average molecular weight is 404 g/mol. The average Bonchev–Trinajstić information content (AvgIpc) is 2.61. The standard InChI is InChI=1S/C18H29N3O3S.ClH/c1-4-14(3)17(19)18(22)20-15-9-11-21(12-10-15)25(23,24)16-7-5-13(2)6-8-16;/h5-8,14-15,17H,4,9-12,19H2,1-3H3,(H,20,22);1H. The lowest BCUT2D eigenvalue weighted by Gasteiger charge is -2.32. The number of hydrogen-bond donors (Lipinski definition) is 2. The van der Waals surface area contributed by atoms with Crippen LogP contribution in [0.2, 0.25) is 0 Å². The van der Waals surface area contributed by atoms with E-state index in [4.69, 9.17) is 5.73 Å². The summed E-state index contributed by atoms with van der Waals surface area (Å²) >= 11 is 0. The van der Waals surface area contributed by atoms with Crippen LogP contribution in [-0.2, 0) is 14.8 Å². The minimum atomic E-state index is -3.47. The Labute approximate surface area is 163 Å². The van der Waals surface area contributed by atoms with Gasteiger partial charge in [-0.05, 0) is 37.8 Å². The molecule has 2 atom stereocenters. The zero-order valence-corrected chi connectivity index (χ0v) is 17.3. The quantitative estimate of drug-likeness (QED) is 0.760. The number of nitrogens with zero attached hydrogens (tertiary/aromatic N) is 1. The van der Waals surface area contributed by atoms with Crippen LogP contribution in [0.5, 0.6) is 0 Å². The fourth-order valence-electron chi connectivity index (χ4n) is 2.91. The predicted octanol–water partition coefficient (Wildman–Crippen LogP) is 2.06. The molecule has 148 valence electrons. The first-order chi connectivity index (χ1) is 11.8. The van der Waals surface area contributed by atoms with E-state index in [1.165, 1.54) is 4.31 Å². The number of hydrogen-bond acceptors (Lipinski definition) is 4. The highest BCUT2D eigenvalue weighted by molar-refractivity contribution is 7.89. The molecular weight excluding hydrogens is 374 g/mol. The number of nitrogens with one attached hydrogen (secondary N) is 1. The van der Waals surface area contributed by atoms with Crippen LogP contribution in [0.25, 0.3) is 0 Å². The lowest BCUT2D eigenvalue weighted by Crippen LogP contribution is -2.52.